The first-order chi connectivity index (χ1) is 13.1. The van der Waals surface area contributed by atoms with Gasteiger partial charge in [-0.05, 0) is 37.8 Å². The third kappa shape index (κ3) is 4.61. The van der Waals surface area contributed by atoms with Gasteiger partial charge >= 0.3 is 0 Å². The fraction of sp³-hybridized carbons (Fsp3) is 0.526. The molecule has 2 aromatic heterocycles. The number of aromatic nitrogens is 3. The lowest BCUT2D eigenvalue weighted by Crippen LogP contribution is -2.38. The number of carbonyl (C=O) groups is 1. The number of anilines is 2. The summed E-state index contributed by atoms with van der Waals surface area (Å²) < 4.78 is 0. The maximum absolute atomic E-state index is 12.6. The number of nitrogens with zero attached hydrogens (tertiary/aromatic N) is 5. The number of nitriles is 1. The summed E-state index contributed by atoms with van der Waals surface area (Å²) in [5.41, 5.74) is 0.554. The van der Waals surface area contributed by atoms with Crippen LogP contribution in [0.4, 0.5) is 10.9 Å². The zero-order chi connectivity index (χ0) is 19.2. The van der Waals surface area contributed by atoms with Crippen molar-refractivity contribution in [2.24, 2.45) is 5.92 Å². The molecule has 1 aliphatic heterocycles. The largest absolute Gasteiger partial charge is 0.357 e. The highest BCUT2D eigenvalue weighted by Crippen LogP contribution is 2.29. The van der Waals surface area contributed by atoms with E-state index in [0.717, 1.165) is 49.6 Å². The lowest BCUT2D eigenvalue weighted by molar-refractivity contribution is -0.120. The number of rotatable bonds is 6. The lowest BCUT2D eigenvalue weighted by Gasteiger charge is -2.31. The van der Waals surface area contributed by atoms with Crippen molar-refractivity contribution >= 4 is 28.2 Å². The smallest absolute Gasteiger partial charge is 0.229 e. The Hall–Kier alpha value is -2.53. The van der Waals surface area contributed by atoms with Gasteiger partial charge in [0.15, 0.2) is 0 Å². The van der Waals surface area contributed by atoms with Gasteiger partial charge in [0.1, 0.15) is 16.9 Å². The lowest BCUT2D eigenvalue weighted by atomic mass is 9.96. The van der Waals surface area contributed by atoms with Crippen LogP contribution in [0.2, 0.25) is 0 Å². The van der Waals surface area contributed by atoms with Gasteiger partial charge in [-0.2, -0.15) is 5.26 Å². The molecule has 8 heteroatoms. The zero-order valence-electron chi connectivity index (χ0n) is 15.7. The standard InChI is InChI=1S/C19H24N6OS/c1-3-14(4-2)18-23-24-19(27-18)22-17(26)15-7-9-25(10-8-15)16-6-5-13(11-20)12-21-16/h5-6,12,14-15H,3-4,7-10H2,1-2H3,(H,22,24,26). The highest BCUT2D eigenvalue weighted by atomic mass is 32.1. The Bertz CT molecular complexity index is 800. The van der Waals surface area contributed by atoms with Crippen LogP contribution in [-0.4, -0.2) is 34.2 Å². The molecule has 0 spiro atoms. The van der Waals surface area contributed by atoms with Crippen LogP contribution >= 0.6 is 11.3 Å². The molecule has 1 saturated heterocycles. The number of nitrogens with one attached hydrogen (secondary N) is 1. The minimum absolute atomic E-state index is 0.0229. The Labute approximate surface area is 163 Å². The Morgan fingerprint density at radius 1 is 1.33 bits per heavy atom. The molecule has 7 nitrogen and oxygen atoms in total. The summed E-state index contributed by atoms with van der Waals surface area (Å²) in [5.74, 6) is 1.26. The SMILES string of the molecule is CCC(CC)c1nnc(NC(=O)C2CCN(c3ccc(C#N)cn3)CC2)s1. The summed E-state index contributed by atoms with van der Waals surface area (Å²) in [7, 11) is 0. The molecule has 1 amide bonds. The maximum Gasteiger partial charge on any atom is 0.229 e. The van der Waals surface area contributed by atoms with Crippen molar-refractivity contribution < 1.29 is 4.79 Å². The van der Waals surface area contributed by atoms with Crippen LogP contribution in [-0.2, 0) is 4.79 Å². The normalized spacial score (nSPS) is 15.0. The molecular weight excluding hydrogens is 360 g/mol. The summed E-state index contributed by atoms with van der Waals surface area (Å²) >= 11 is 1.48. The highest BCUT2D eigenvalue weighted by Gasteiger charge is 2.26. The first-order valence-corrected chi connectivity index (χ1v) is 10.2. The molecule has 3 rings (SSSR count). The Balaban J connectivity index is 1.53. The number of piperidine rings is 1. The fourth-order valence-corrected chi connectivity index (χ4v) is 4.32. The van der Waals surface area contributed by atoms with Gasteiger partial charge in [0.05, 0.1) is 5.56 Å². The van der Waals surface area contributed by atoms with Gasteiger partial charge in [-0.25, -0.2) is 4.98 Å². The zero-order valence-corrected chi connectivity index (χ0v) is 16.5. The van der Waals surface area contributed by atoms with Crippen molar-refractivity contribution in [1.82, 2.24) is 15.2 Å². The molecule has 0 aliphatic carbocycles. The highest BCUT2D eigenvalue weighted by molar-refractivity contribution is 7.15. The average molecular weight is 385 g/mol. The monoisotopic (exact) mass is 384 g/mol. The van der Waals surface area contributed by atoms with Crippen LogP contribution in [0, 0.1) is 17.2 Å². The Kier molecular flexibility index (Phi) is 6.35. The topological polar surface area (TPSA) is 94.8 Å². The van der Waals surface area contributed by atoms with Gasteiger partial charge in [0.25, 0.3) is 0 Å². The van der Waals surface area contributed by atoms with Gasteiger partial charge in [0, 0.05) is 31.1 Å². The van der Waals surface area contributed by atoms with Gasteiger partial charge < -0.3 is 10.2 Å². The van der Waals surface area contributed by atoms with E-state index in [1.807, 2.05) is 6.07 Å². The molecule has 1 N–H and O–H groups in total. The van der Waals surface area contributed by atoms with E-state index in [1.165, 1.54) is 11.3 Å². The molecule has 0 bridgehead atoms. The number of hydrogen-bond acceptors (Lipinski definition) is 7. The van der Waals surface area contributed by atoms with E-state index in [0.29, 0.717) is 16.6 Å². The van der Waals surface area contributed by atoms with Crippen molar-refractivity contribution in [3.05, 3.63) is 28.9 Å². The summed E-state index contributed by atoms with van der Waals surface area (Å²) in [5, 5.41) is 21.8. The molecule has 27 heavy (non-hydrogen) atoms. The first kappa shape index (κ1) is 19.2. The van der Waals surface area contributed by atoms with E-state index in [4.69, 9.17) is 5.26 Å². The van der Waals surface area contributed by atoms with Crippen LogP contribution in [0.1, 0.15) is 56.0 Å². The second-order valence-corrected chi connectivity index (χ2v) is 7.74. The summed E-state index contributed by atoms with van der Waals surface area (Å²) in [4.78, 5) is 19.1. The van der Waals surface area contributed by atoms with Crippen LogP contribution in [0.15, 0.2) is 18.3 Å². The molecule has 3 heterocycles. The van der Waals surface area contributed by atoms with Gasteiger partial charge in [-0.3, -0.25) is 4.79 Å². The van der Waals surface area contributed by atoms with E-state index < -0.39 is 0 Å². The molecule has 0 atom stereocenters. The number of pyridine rings is 1. The Morgan fingerprint density at radius 2 is 2.07 bits per heavy atom. The van der Waals surface area contributed by atoms with Crippen molar-refractivity contribution in [2.75, 3.05) is 23.3 Å². The van der Waals surface area contributed by atoms with Crippen LogP contribution in [0.25, 0.3) is 0 Å². The third-order valence-electron chi connectivity index (χ3n) is 5.07. The summed E-state index contributed by atoms with van der Waals surface area (Å²) in [6.45, 7) is 5.83. The fourth-order valence-electron chi connectivity index (χ4n) is 3.31. The second kappa shape index (κ2) is 8.91. The molecule has 0 aromatic carbocycles. The summed E-state index contributed by atoms with van der Waals surface area (Å²) in [6.07, 6.45) is 5.18. The van der Waals surface area contributed by atoms with Crippen LogP contribution in [0.3, 0.4) is 0 Å². The second-order valence-electron chi connectivity index (χ2n) is 6.73. The third-order valence-corrected chi connectivity index (χ3v) is 6.07. The van der Waals surface area contributed by atoms with Crippen molar-refractivity contribution in [1.29, 1.82) is 5.26 Å². The van der Waals surface area contributed by atoms with Crippen LogP contribution < -0.4 is 10.2 Å². The number of hydrogen-bond donors (Lipinski definition) is 1. The molecule has 2 aromatic rings. The van der Waals surface area contributed by atoms with Gasteiger partial charge in [-0.15, -0.1) is 10.2 Å². The minimum atomic E-state index is -0.0277. The van der Waals surface area contributed by atoms with Gasteiger partial charge in [0.2, 0.25) is 11.0 Å². The number of amides is 1. The average Bonchev–Trinajstić information content (AvgIpc) is 3.17. The molecule has 0 unspecified atom stereocenters. The molecule has 1 aliphatic rings. The maximum atomic E-state index is 12.6. The predicted octanol–water partition coefficient (Wildman–Crippen LogP) is 3.56. The summed E-state index contributed by atoms with van der Waals surface area (Å²) in [6, 6.07) is 5.71. The predicted molar refractivity (Wildman–Crippen MR) is 106 cm³/mol. The quantitative estimate of drug-likeness (QED) is 0.818. The Morgan fingerprint density at radius 3 is 2.67 bits per heavy atom. The molecule has 142 valence electrons. The molecule has 0 radical (unpaired) electrons. The van der Waals surface area contributed by atoms with E-state index in [-0.39, 0.29) is 11.8 Å². The van der Waals surface area contributed by atoms with E-state index in [9.17, 15) is 4.79 Å². The first-order valence-electron chi connectivity index (χ1n) is 9.39. The van der Waals surface area contributed by atoms with E-state index in [1.54, 1.807) is 12.3 Å². The minimum Gasteiger partial charge on any atom is -0.357 e. The van der Waals surface area contributed by atoms with Crippen molar-refractivity contribution in [2.45, 2.75) is 45.4 Å². The van der Waals surface area contributed by atoms with Crippen LogP contribution in [0.5, 0.6) is 0 Å². The van der Waals surface area contributed by atoms with E-state index >= 15 is 0 Å². The van der Waals surface area contributed by atoms with Crippen molar-refractivity contribution in [3.8, 4) is 6.07 Å². The van der Waals surface area contributed by atoms with Crippen molar-refractivity contribution in [3.63, 3.8) is 0 Å². The molecular formula is C19H24N6OS. The number of carbonyl (C=O) groups excluding carboxylic acids is 1. The molecule has 0 saturated carbocycles. The van der Waals surface area contributed by atoms with E-state index in [2.05, 4.69) is 45.3 Å². The molecule has 1 fully saturated rings. The van der Waals surface area contributed by atoms with Gasteiger partial charge in [-0.1, -0.05) is 25.2 Å².